The van der Waals surface area contributed by atoms with Gasteiger partial charge in [-0.1, -0.05) is 153 Å². The van der Waals surface area contributed by atoms with E-state index in [2.05, 4.69) is 148 Å². The highest BCUT2D eigenvalue weighted by molar-refractivity contribution is 6.03. The first kappa shape index (κ1) is 35.3. The van der Waals surface area contributed by atoms with Crippen LogP contribution >= 0.6 is 0 Å². The Morgan fingerprint density at radius 3 is 1.87 bits per heavy atom. The Bertz CT molecular complexity index is 1680. The van der Waals surface area contributed by atoms with Gasteiger partial charge in [0.05, 0.1) is 5.71 Å². The number of rotatable bonds is 14. The molecule has 46 heavy (non-hydrogen) atoms. The molecule has 2 heteroatoms. The minimum absolute atomic E-state index is 0.425. The number of hydrogen-bond acceptors (Lipinski definition) is 2. The highest BCUT2D eigenvalue weighted by Crippen LogP contribution is 2.24. The SMILES string of the molecule is C/C=C\C(=C/C)c1ccc(C(/C=C/C(=N)/C=C/C=C\C=C/C(C)C)=C/C(=C\C=C(/C)c2ccc(-c3ccccc3)cc2)NC)cc1. The molecule has 0 saturated carbocycles. The molecular weight excluding hydrogens is 556 g/mol. The summed E-state index contributed by atoms with van der Waals surface area (Å²) in [5, 5.41) is 11.8. The molecule has 0 radical (unpaired) electrons. The third kappa shape index (κ3) is 11.7. The first-order chi connectivity index (χ1) is 22.3. The van der Waals surface area contributed by atoms with Crippen molar-refractivity contribution in [1.29, 1.82) is 5.41 Å². The third-order valence-electron chi connectivity index (χ3n) is 7.32. The minimum atomic E-state index is 0.425. The van der Waals surface area contributed by atoms with Crippen molar-refractivity contribution in [3.63, 3.8) is 0 Å². The number of allylic oxidation sites excluding steroid dienone is 17. The average molecular weight is 605 g/mol. The van der Waals surface area contributed by atoms with E-state index in [1.165, 1.54) is 33.4 Å². The average Bonchev–Trinajstić information content (AvgIpc) is 3.08. The number of likely N-dealkylation sites (N-methyl/N-ethyl adjacent to an activating group) is 1. The smallest absolute Gasteiger partial charge is 0.0540 e. The van der Waals surface area contributed by atoms with E-state index in [4.69, 9.17) is 5.41 Å². The van der Waals surface area contributed by atoms with E-state index in [9.17, 15) is 0 Å². The van der Waals surface area contributed by atoms with Gasteiger partial charge >= 0.3 is 0 Å². The first-order valence-electron chi connectivity index (χ1n) is 16.0. The fraction of sp³-hybridized carbons (Fsp3) is 0.159. The van der Waals surface area contributed by atoms with Crippen molar-refractivity contribution >= 4 is 22.4 Å². The van der Waals surface area contributed by atoms with E-state index in [0.29, 0.717) is 11.6 Å². The molecule has 3 aromatic rings. The van der Waals surface area contributed by atoms with Crippen LogP contribution in [0, 0.1) is 11.3 Å². The van der Waals surface area contributed by atoms with Crippen molar-refractivity contribution in [3.05, 3.63) is 186 Å². The van der Waals surface area contributed by atoms with Gasteiger partial charge in [-0.3, -0.25) is 0 Å². The van der Waals surface area contributed by atoms with Gasteiger partial charge in [-0.15, -0.1) is 0 Å². The van der Waals surface area contributed by atoms with E-state index in [-0.39, 0.29) is 0 Å². The summed E-state index contributed by atoms with van der Waals surface area (Å²) in [6.07, 6.45) is 28.4. The molecule has 0 amide bonds. The van der Waals surface area contributed by atoms with Crippen molar-refractivity contribution in [2.75, 3.05) is 7.05 Å². The van der Waals surface area contributed by atoms with E-state index >= 15 is 0 Å². The lowest BCUT2D eigenvalue weighted by Gasteiger charge is -2.09. The molecule has 3 rings (SSSR count). The molecule has 0 aromatic heterocycles. The predicted molar refractivity (Wildman–Crippen MR) is 205 cm³/mol. The summed E-state index contributed by atoms with van der Waals surface area (Å²) in [4.78, 5) is 0. The molecule has 0 fully saturated rings. The highest BCUT2D eigenvalue weighted by Gasteiger charge is 2.04. The van der Waals surface area contributed by atoms with Crippen LogP contribution in [0.5, 0.6) is 0 Å². The van der Waals surface area contributed by atoms with Crippen LogP contribution in [0.25, 0.3) is 27.8 Å². The van der Waals surface area contributed by atoms with Crippen molar-refractivity contribution in [1.82, 2.24) is 5.32 Å². The lowest BCUT2D eigenvalue weighted by molar-refractivity contribution is 0.832. The fourth-order valence-electron chi connectivity index (χ4n) is 4.67. The van der Waals surface area contributed by atoms with Crippen molar-refractivity contribution in [3.8, 4) is 11.1 Å². The lowest BCUT2D eigenvalue weighted by Crippen LogP contribution is -2.03. The maximum atomic E-state index is 8.48. The summed E-state index contributed by atoms with van der Waals surface area (Å²) in [6, 6.07) is 27.7. The zero-order valence-corrected chi connectivity index (χ0v) is 28.2. The van der Waals surface area contributed by atoms with Gasteiger partial charge in [-0.05, 0) is 95.5 Å². The van der Waals surface area contributed by atoms with Crippen molar-refractivity contribution in [2.24, 2.45) is 5.92 Å². The number of benzene rings is 3. The molecule has 0 aliphatic heterocycles. The summed E-state index contributed by atoms with van der Waals surface area (Å²) in [5.41, 5.74) is 10.6. The predicted octanol–water partition coefficient (Wildman–Crippen LogP) is 11.8. The minimum Gasteiger partial charge on any atom is -0.388 e. The van der Waals surface area contributed by atoms with Crippen LogP contribution in [-0.4, -0.2) is 12.8 Å². The molecule has 0 aliphatic carbocycles. The zero-order valence-electron chi connectivity index (χ0n) is 28.2. The molecule has 2 nitrogen and oxygen atoms in total. The lowest BCUT2D eigenvalue weighted by atomic mass is 9.98. The quantitative estimate of drug-likeness (QED) is 0.139. The molecule has 0 atom stereocenters. The topological polar surface area (TPSA) is 35.9 Å². The second-order valence-electron chi connectivity index (χ2n) is 11.2. The van der Waals surface area contributed by atoms with Crippen molar-refractivity contribution in [2.45, 2.75) is 34.6 Å². The largest absolute Gasteiger partial charge is 0.388 e. The van der Waals surface area contributed by atoms with Crippen LogP contribution in [0.4, 0.5) is 0 Å². The van der Waals surface area contributed by atoms with Gasteiger partial charge in [0.1, 0.15) is 0 Å². The van der Waals surface area contributed by atoms with Gasteiger partial charge in [0, 0.05) is 12.7 Å². The number of nitrogens with one attached hydrogen (secondary N) is 2. The molecule has 0 bridgehead atoms. The molecule has 2 N–H and O–H groups in total. The Kier molecular flexibility index (Phi) is 14.7. The maximum Gasteiger partial charge on any atom is 0.0540 e. The summed E-state index contributed by atoms with van der Waals surface area (Å²) in [5.74, 6) is 0.518. The summed E-state index contributed by atoms with van der Waals surface area (Å²) in [7, 11) is 1.94. The molecule has 0 unspecified atom stereocenters. The van der Waals surface area contributed by atoms with Crippen LogP contribution in [0.3, 0.4) is 0 Å². The summed E-state index contributed by atoms with van der Waals surface area (Å²) in [6.45, 7) is 10.5. The van der Waals surface area contributed by atoms with Crippen LogP contribution in [0.2, 0.25) is 0 Å². The Balaban J connectivity index is 1.90. The van der Waals surface area contributed by atoms with Crippen LogP contribution < -0.4 is 5.32 Å². The molecule has 234 valence electrons. The van der Waals surface area contributed by atoms with Crippen LogP contribution in [0.1, 0.15) is 51.3 Å². The van der Waals surface area contributed by atoms with E-state index in [1.54, 1.807) is 6.08 Å². The Labute approximate surface area is 277 Å². The Morgan fingerprint density at radius 1 is 0.652 bits per heavy atom. The number of hydrogen-bond donors (Lipinski definition) is 2. The second-order valence-corrected chi connectivity index (χ2v) is 11.2. The summed E-state index contributed by atoms with van der Waals surface area (Å²) >= 11 is 0. The Hall–Kier alpha value is -5.21. The van der Waals surface area contributed by atoms with Gasteiger partial charge in [-0.25, -0.2) is 0 Å². The van der Waals surface area contributed by atoms with Crippen LogP contribution in [-0.2, 0) is 0 Å². The van der Waals surface area contributed by atoms with E-state index in [1.807, 2.05) is 56.5 Å². The second kappa shape index (κ2) is 19.2. The molecule has 0 aliphatic rings. The maximum absolute atomic E-state index is 8.48. The van der Waals surface area contributed by atoms with Gasteiger partial charge in [0.25, 0.3) is 0 Å². The zero-order chi connectivity index (χ0) is 33.1. The summed E-state index contributed by atoms with van der Waals surface area (Å²) < 4.78 is 0. The molecular formula is C44H48N2. The third-order valence-corrected chi connectivity index (χ3v) is 7.32. The highest BCUT2D eigenvalue weighted by atomic mass is 14.8. The molecule has 3 aromatic carbocycles. The van der Waals surface area contributed by atoms with Gasteiger partial charge in [0.2, 0.25) is 0 Å². The molecule has 0 saturated heterocycles. The van der Waals surface area contributed by atoms with Crippen LogP contribution in [0.15, 0.2) is 170 Å². The van der Waals surface area contributed by atoms with Crippen molar-refractivity contribution < 1.29 is 0 Å². The van der Waals surface area contributed by atoms with Gasteiger partial charge in [-0.2, -0.15) is 0 Å². The molecule has 0 heterocycles. The van der Waals surface area contributed by atoms with Gasteiger partial charge < -0.3 is 10.7 Å². The fourth-order valence-corrected chi connectivity index (χ4v) is 4.67. The standard InChI is InChI=1S/C44H48N2/c1-7-16-36(8-2)39-26-28-41(29-27-39)42(30-31-43(45)20-15-10-9-12-17-34(3)4)33-44(46-6)32-21-35(5)37-22-24-40(25-23-37)38-18-13-11-14-19-38/h7-34,45-46H,1-6H3/b10-9-,16-7-,17-12-,20-15+,31-30+,35-21+,36-8+,42-33+,44-32+,45-43?. The molecule has 0 spiro atoms. The monoisotopic (exact) mass is 604 g/mol. The van der Waals surface area contributed by atoms with E-state index < -0.39 is 0 Å². The van der Waals surface area contributed by atoms with Gasteiger partial charge in [0.15, 0.2) is 0 Å². The first-order valence-corrected chi connectivity index (χ1v) is 16.0. The Morgan fingerprint density at radius 2 is 1.26 bits per heavy atom. The normalized spacial score (nSPS) is 13.8. The van der Waals surface area contributed by atoms with E-state index in [0.717, 1.165) is 16.8 Å².